The Morgan fingerprint density at radius 2 is 1.76 bits per heavy atom. The summed E-state index contributed by atoms with van der Waals surface area (Å²) in [5, 5.41) is 25.6. The summed E-state index contributed by atoms with van der Waals surface area (Å²) in [7, 11) is 4.16. The van der Waals surface area contributed by atoms with Crippen LogP contribution < -0.4 is 5.32 Å². The zero-order chi connectivity index (χ0) is 27.3. The molecule has 5 fully saturated rings. The van der Waals surface area contributed by atoms with Gasteiger partial charge < -0.3 is 20.4 Å². The fourth-order valence-electron chi connectivity index (χ4n) is 11.2. The second kappa shape index (κ2) is 8.51. The van der Waals surface area contributed by atoms with Crippen LogP contribution in [0, 0.1) is 50.7 Å². The van der Waals surface area contributed by atoms with E-state index < -0.39 is 11.5 Å². The summed E-state index contributed by atoms with van der Waals surface area (Å²) in [5.41, 5.74) is -1.11. The Labute approximate surface area is 224 Å². The zero-order valence-electron chi connectivity index (χ0n) is 24.6. The van der Waals surface area contributed by atoms with E-state index in [1.165, 1.54) is 0 Å². The third-order valence-electron chi connectivity index (χ3n) is 13.8. The summed E-state index contributed by atoms with van der Waals surface area (Å²) < 4.78 is 0. The fourth-order valence-corrected chi connectivity index (χ4v) is 11.2. The molecule has 0 saturated heterocycles. The van der Waals surface area contributed by atoms with Gasteiger partial charge in [-0.2, -0.15) is 0 Å². The van der Waals surface area contributed by atoms with Crippen molar-refractivity contribution in [2.24, 2.45) is 50.7 Å². The number of nitrogens with zero attached hydrogens (tertiary/aromatic N) is 1. The Balaban J connectivity index is 1.49. The monoisotopic (exact) mass is 516 g/mol. The van der Waals surface area contributed by atoms with Crippen molar-refractivity contribution in [3.05, 3.63) is 0 Å². The maximum atomic E-state index is 14.4. The van der Waals surface area contributed by atoms with Gasteiger partial charge in [-0.05, 0) is 94.0 Å². The Bertz CT molecular complexity index is 969. The number of fused-ring (bicyclic) bond motifs is 2. The predicted octanol–water partition coefficient (Wildman–Crippen LogP) is 4.03. The number of Topliss-reactive ketones (excluding diaryl/α,β-unsaturated/α-hetero) is 1. The molecule has 2 spiro atoms. The van der Waals surface area contributed by atoms with E-state index in [9.17, 15) is 19.8 Å². The number of rotatable bonds is 6. The molecule has 0 bridgehead atoms. The minimum Gasteiger partial charge on any atom is -0.396 e. The van der Waals surface area contributed by atoms with Crippen LogP contribution >= 0.6 is 0 Å². The number of hydrogen-bond acceptors (Lipinski definition) is 5. The number of ketones is 1. The van der Waals surface area contributed by atoms with Crippen LogP contribution in [0.2, 0.25) is 0 Å². The van der Waals surface area contributed by atoms with Crippen molar-refractivity contribution < 1.29 is 19.8 Å². The first-order chi connectivity index (χ1) is 17.2. The maximum absolute atomic E-state index is 14.4. The SMILES string of the molecule is CC[C@H](C)C(=O)N[C@H]1CC[C@]23C[C@]24C(=O)C[C@]2(C)[C@@H]([C@H](C)N(C)C)[C@H](O)C[C@@]2(C)[C@@H]4CC[C@H]3[C@]1(C)CO. The van der Waals surface area contributed by atoms with Crippen LogP contribution in [0.5, 0.6) is 0 Å². The molecule has 1 amide bonds. The lowest BCUT2D eigenvalue weighted by Crippen LogP contribution is -2.64. The molecule has 6 heteroatoms. The van der Waals surface area contributed by atoms with Crippen molar-refractivity contribution >= 4 is 11.7 Å². The van der Waals surface area contributed by atoms with Gasteiger partial charge in [0, 0.05) is 41.2 Å². The summed E-state index contributed by atoms with van der Waals surface area (Å²) in [4.78, 5) is 29.5. The van der Waals surface area contributed by atoms with Crippen molar-refractivity contribution in [1.82, 2.24) is 10.2 Å². The quantitative estimate of drug-likeness (QED) is 0.496. The minimum atomic E-state index is -0.422. The number of carbonyl (C=O) groups excluding carboxylic acids is 2. The first-order valence-corrected chi connectivity index (χ1v) is 15.0. The molecule has 5 rings (SSSR count). The van der Waals surface area contributed by atoms with E-state index >= 15 is 0 Å². The minimum absolute atomic E-state index is 0.0364. The van der Waals surface area contributed by atoms with Crippen LogP contribution in [0.4, 0.5) is 0 Å². The Morgan fingerprint density at radius 3 is 2.35 bits per heavy atom. The Kier molecular flexibility index (Phi) is 6.34. The van der Waals surface area contributed by atoms with E-state index in [1.54, 1.807) is 0 Å². The highest BCUT2D eigenvalue weighted by atomic mass is 16.3. The maximum Gasteiger partial charge on any atom is 0.223 e. The van der Waals surface area contributed by atoms with Gasteiger partial charge in [-0.3, -0.25) is 9.59 Å². The third kappa shape index (κ3) is 3.21. The summed E-state index contributed by atoms with van der Waals surface area (Å²) in [5.74, 6) is 1.07. The number of aliphatic hydroxyl groups is 2. The molecule has 37 heavy (non-hydrogen) atoms. The molecule has 5 aliphatic carbocycles. The van der Waals surface area contributed by atoms with Gasteiger partial charge in [-0.1, -0.05) is 34.6 Å². The van der Waals surface area contributed by atoms with E-state index in [4.69, 9.17) is 0 Å². The third-order valence-corrected chi connectivity index (χ3v) is 13.8. The zero-order valence-corrected chi connectivity index (χ0v) is 24.6. The summed E-state index contributed by atoms with van der Waals surface area (Å²) in [6.45, 7) is 13.1. The highest BCUT2D eigenvalue weighted by Gasteiger charge is 2.86. The molecule has 12 atom stereocenters. The summed E-state index contributed by atoms with van der Waals surface area (Å²) in [6, 6.07) is 0.150. The van der Waals surface area contributed by atoms with E-state index in [2.05, 4.69) is 52.0 Å². The molecule has 6 nitrogen and oxygen atoms in total. The summed E-state index contributed by atoms with van der Waals surface area (Å²) >= 11 is 0. The van der Waals surface area contributed by atoms with Crippen molar-refractivity contribution in [1.29, 1.82) is 0 Å². The summed E-state index contributed by atoms with van der Waals surface area (Å²) in [6.07, 6.45) is 6.42. The lowest BCUT2D eigenvalue weighted by atomic mass is 9.41. The van der Waals surface area contributed by atoms with Crippen molar-refractivity contribution in [3.63, 3.8) is 0 Å². The van der Waals surface area contributed by atoms with Crippen LogP contribution in [-0.4, -0.2) is 65.7 Å². The van der Waals surface area contributed by atoms with E-state index in [1.807, 2.05) is 13.8 Å². The van der Waals surface area contributed by atoms with Crippen molar-refractivity contribution in [3.8, 4) is 0 Å². The normalized spacial score (nSPS) is 52.0. The van der Waals surface area contributed by atoms with Crippen molar-refractivity contribution in [2.45, 2.75) is 111 Å². The predicted molar refractivity (Wildman–Crippen MR) is 145 cm³/mol. The fraction of sp³-hybridized carbons (Fsp3) is 0.935. The Morgan fingerprint density at radius 1 is 1.11 bits per heavy atom. The standard InChI is InChI=1S/C31H52N2O4/c1-9-18(2)26(37)32-23-12-13-30-16-31(30)22(11-10-21(30)27(23,4)17-34)28(5)14-20(35)25(19(3)33(7)8)29(28,6)15-24(31)36/h18-23,25,34-35H,9-17H2,1-8H3,(H,32,37)/t18-,19-,20+,21-,22-,23-,25-,27-,28-,29+,30+,31-/m0/s1. The first kappa shape index (κ1) is 27.6. The molecule has 0 radical (unpaired) electrons. The molecule has 210 valence electrons. The van der Waals surface area contributed by atoms with Gasteiger partial charge in [0.05, 0.1) is 12.7 Å². The molecular formula is C31H52N2O4. The lowest BCUT2D eigenvalue weighted by molar-refractivity contribution is -0.173. The topological polar surface area (TPSA) is 89.9 Å². The number of amides is 1. The first-order valence-electron chi connectivity index (χ1n) is 15.0. The van der Waals surface area contributed by atoms with E-state index in [-0.39, 0.29) is 69.9 Å². The molecule has 3 N–H and O–H groups in total. The Hall–Kier alpha value is -0.980. The number of hydrogen-bond donors (Lipinski definition) is 3. The van der Waals surface area contributed by atoms with Gasteiger partial charge in [-0.15, -0.1) is 0 Å². The molecule has 5 saturated carbocycles. The highest BCUT2D eigenvalue weighted by molar-refractivity contribution is 5.92. The molecule has 0 aliphatic heterocycles. The van der Waals surface area contributed by atoms with Crippen molar-refractivity contribution in [2.75, 3.05) is 20.7 Å². The number of nitrogens with one attached hydrogen (secondary N) is 1. The van der Waals surface area contributed by atoms with Crippen LogP contribution in [0.15, 0.2) is 0 Å². The highest BCUT2D eigenvalue weighted by Crippen LogP contribution is 2.87. The van der Waals surface area contributed by atoms with E-state index in [0.29, 0.717) is 12.2 Å². The van der Waals surface area contributed by atoms with E-state index in [0.717, 1.165) is 44.9 Å². The number of carbonyl (C=O) groups is 2. The average molecular weight is 517 g/mol. The molecular weight excluding hydrogens is 464 g/mol. The molecule has 5 aliphatic rings. The largest absolute Gasteiger partial charge is 0.396 e. The van der Waals surface area contributed by atoms with Gasteiger partial charge in [0.25, 0.3) is 0 Å². The van der Waals surface area contributed by atoms with Gasteiger partial charge in [-0.25, -0.2) is 0 Å². The van der Waals surface area contributed by atoms with Crippen LogP contribution in [0.1, 0.15) is 92.9 Å². The van der Waals surface area contributed by atoms with Crippen LogP contribution in [0.3, 0.4) is 0 Å². The van der Waals surface area contributed by atoms with Crippen LogP contribution in [0.25, 0.3) is 0 Å². The molecule has 0 aromatic rings. The van der Waals surface area contributed by atoms with Crippen LogP contribution in [-0.2, 0) is 9.59 Å². The second-order valence-corrected chi connectivity index (χ2v) is 15.0. The van der Waals surface area contributed by atoms with Gasteiger partial charge in [0.15, 0.2) is 0 Å². The second-order valence-electron chi connectivity index (χ2n) is 15.0. The van der Waals surface area contributed by atoms with Gasteiger partial charge >= 0.3 is 0 Å². The smallest absolute Gasteiger partial charge is 0.223 e. The lowest BCUT2D eigenvalue weighted by Gasteiger charge is -2.63. The molecule has 0 unspecified atom stereocenters. The van der Waals surface area contributed by atoms with Gasteiger partial charge in [0.1, 0.15) is 5.78 Å². The average Bonchev–Trinajstić information content (AvgIpc) is 3.48. The molecule has 0 heterocycles. The van der Waals surface area contributed by atoms with Gasteiger partial charge in [0.2, 0.25) is 5.91 Å². The molecule has 0 aromatic heterocycles. The molecule has 0 aromatic carbocycles. The number of aliphatic hydroxyl groups excluding tert-OH is 2.